The van der Waals surface area contributed by atoms with Gasteiger partial charge in [0.25, 0.3) is 0 Å². The molecule has 1 fully saturated rings. The molecule has 14 heavy (non-hydrogen) atoms. The minimum atomic E-state index is 0.300. The topological polar surface area (TPSA) is 29.3 Å². The summed E-state index contributed by atoms with van der Waals surface area (Å²) in [5, 5.41) is 0. The largest absolute Gasteiger partial charge is 0.359 e. The highest BCUT2D eigenvalue weighted by atomic mass is 15.1. The van der Waals surface area contributed by atoms with E-state index in [-0.39, 0.29) is 0 Å². The van der Waals surface area contributed by atoms with Gasteiger partial charge in [0.05, 0.1) is 0 Å². The van der Waals surface area contributed by atoms with Crippen molar-refractivity contribution in [1.82, 2.24) is 4.81 Å². The molecular formula is C11H24BN2. The van der Waals surface area contributed by atoms with Crippen LogP contribution in [0.25, 0.3) is 0 Å². The summed E-state index contributed by atoms with van der Waals surface area (Å²) in [4.78, 5) is 2.20. The molecule has 0 spiro atoms. The van der Waals surface area contributed by atoms with Gasteiger partial charge in [-0.1, -0.05) is 32.6 Å². The van der Waals surface area contributed by atoms with E-state index >= 15 is 0 Å². The summed E-state index contributed by atoms with van der Waals surface area (Å²) >= 11 is 0. The lowest BCUT2D eigenvalue weighted by Crippen LogP contribution is -2.49. The molecule has 3 heteroatoms. The van der Waals surface area contributed by atoms with Gasteiger partial charge in [0.2, 0.25) is 0 Å². The van der Waals surface area contributed by atoms with Gasteiger partial charge in [-0.2, -0.15) is 0 Å². The highest BCUT2D eigenvalue weighted by Crippen LogP contribution is 2.31. The van der Waals surface area contributed by atoms with Crippen LogP contribution in [-0.2, 0) is 0 Å². The van der Waals surface area contributed by atoms with E-state index < -0.39 is 0 Å². The van der Waals surface area contributed by atoms with Crippen molar-refractivity contribution in [3.05, 3.63) is 0 Å². The third kappa shape index (κ3) is 2.99. The number of nitrogens with two attached hydrogens (primary N) is 1. The smallest absolute Gasteiger partial charge is 0.307 e. The fourth-order valence-electron chi connectivity index (χ4n) is 2.46. The highest BCUT2D eigenvalue weighted by Gasteiger charge is 2.29. The van der Waals surface area contributed by atoms with E-state index in [9.17, 15) is 0 Å². The van der Waals surface area contributed by atoms with Crippen molar-refractivity contribution in [2.45, 2.75) is 57.9 Å². The Bertz CT molecular complexity index is 163. The van der Waals surface area contributed by atoms with Crippen LogP contribution in [0.3, 0.4) is 0 Å². The molecular weight excluding hydrogens is 171 g/mol. The molecule has 1 aliphatic carbocycles. The van der Waals surface area contributed by atoms with E-state index in [2.05, 4.69) is 25.7 Å². The maximum atomic E-state index is 5.61. The summed E-state index contributed by atoms with van der Waals surface area (Å²) in [5.74, 6) is 0.923. The van der Waals surface area contributed by atoms with Crippen molar-refractivity contribution in [1.29, 1.82) is 0 Å². The van der Waals surface area contributed by atoms with Crippen LogP contribution in [0.1, 0.15) is 52.4 Å². The molecule has 0 atom stereocenters. The van der Waals surface area contributed by atoms with Gasteiger partial charge in [-0.05, 0) is 32.7 Å². The molecule has 0 unspecified atom stereocenters. The number of nitrogens with zero attached hydrogens (tertiary/aromatic N) is 1. The van der Waals surface area contributed by atoms with Crippen LogP contribution < -0.4 is 5.64 Å². The van der Waals surface area contributed by atoms with Crippen LogP contribution in [0.2, 0.25) is 0 Å². The molecule has 1 saturated carbocycles. The average molecular weight is 195 g/mol. The van der Waals surface area contributed by atoms with Crippen molar-refractivity contribution in [2.24, 2.45) is 11.6 Å². The first-order chi connectivity index (χ1) is 6.58. The summed E-state index contributed by atoms with van der Waals surface area (Å²) in [6.45, 7) is 4.72. The molecule has 1 rings (SSSR count). The molecule has 1 aliphatic rings. The molecule has 0 aromatic carbocycles. The monoisotopic (exact) mass is 195 g/mol. The summed E-state index contributed by atoms with van der Waals surface area (Å²) in [6.07, 6.45) is 8.01. The van der Waals surface area contributed by atoms with Gasteiger partial charge < -0.3 is 10.5 Å². The molecule has 0 bridgehead atoms. The molecule has 0 saturated heterocycles. The van der Waals surface area contributed by atoms with E-state index in [4.69, 9.17) is 5.64 Å². The lowest BCUT2D eigenvalue weighted by atomic mass is 9.79. The standard InChI is InChI=1S/C11H24BN2/c1-10-6-4-8-11(2,9-5-7-10)14(3)12-13/h10H,4-9,13H2,1-3H3. The molecule has 2 nitrogen and oxygen atoms in total. The lowest BCUT2D eigenvalue weighted by molar-refractivity contribution is 0.177. The van der Waals surface area contributed by atoms with Gasteiger partial charge in [-0.15, -0.1) is 0 Å². The first-order valence-corrected chi connectivity index (χ1v) is 5.86. The summed E-state index contributed by atoms with van der Waals surface area (Å²) in [6, 6.07) is 0. The first-order valence-electron chi connectivity index (χ1n) is 5.86. The Hall–Kier alpha value is -0.0151. The zero-order chi connectivity index (χ0) is 10.6. The maximum absolute atomic E-state index is 5.61. The second kappa shape index (κ2) is 5.17. The van der Waals surface area contributed by atoms with Crippen LogP contribution in [0.5, 0.6) is 0 Å². The highest BCUT2D eigenvalue weighted by molar-refractivity contribution is 6.27. The van der Waals surface area contributed by atoms with E-state index in [1.165, 1.54) is 38.5 Å². The van der Waals surface area contributed by atoms with Gasteiger partial charge in [0.1, 0.15) is 0 Å². The SMILES string of the molecule is CC1CCCC(C)(N(C)[B]N)CCC1. The zero-order valence-electron chi connectivity index (χ0n) is 9.92. The molecule has 0 aromatic heterocycles. The third-order valence-electron chi connectivity index (χ3n) is 3.90. The van der Waals surface area contributed by atoms with E-state index in [0.717, 1.165) is 5.92 Å². The Morgan fingerprint density at radius 3 is 2.21 bits per heavy atom. The van der Waals surface area contributed by atoms with Crippen molar-refractivity contribution in [2.75, 3.05) is 7.05 Å². The van der Waals surface area contributed by atoms with Gasteiger partial charge in [0.15, 0.2) is 0 Å². The van der Waals surface area contributed by atoms with Crippen molar-refractivity contribution < 1.29 is 0 Å². The average Bonchev–Trinajstić information content (AvgIpc) is 2.14. The van der Waals surface area contributed by atoms with Crippen LogP contribution in [0.15, 0.2) is 0 Å². The zero-order valence-corrected chi connectivity index (χ0v) is 9.92. The fourth-order valence-corrected chi connectivity index (χ4v) is 2.46. The number of rotatable bonds is 2. The van der Waals surface area contributed by atoms with Crippen molar-refractivity contribution in [3.8, 4) is 0 Å². The van der Waals surface area contributed by atoms with E-state index in [1.54, 1.807) is 7.55 Å². The minimum absolute atomic E-state index is 0.300. The molecule has 0 heterocycles. The van der Waals surface area contributed by atoms with Gasteiger partial charge in [0, 0.05) is 5.54 Å². The predicted molar refractivity (Wildman–Crippen MR) is 63.0 cm³/mol. The van der Waals surface area contributed by atoms with Crippen LogP contribution >= 0.6 is 0 Å². The van der Waals surface area contributed by atoms with E-state index in [1.807, 2.05) is 0 Å². The van der Waals surface area contributed by atoms with E-state index in [0.29, 0.717) is 5.54 Å². The summed E-state index contributed by atoms with van der Waals surface area (Å²) in [7, 11) is 3.83. The number of hydrogen-bond donors (Lipinski definition) is 1. The molecule has 0 amide bonds. The Kier molecular flexibility index (Phi) is 4.46. The fraction of sp³-hybridized carbons (Fsp3) is 1.00. The Labute approximate surface area is 89.5 Å². The van der Waals surface area contributed by atoms with Crippen molar-refractivity contribution >= 4 is 7.55 Å². The summed E-state index contributed by atoms with van der Waals surface area (Å²) in [5.41, 5.74) is 5.91. The Morgan fingerprint density at radius 2 is 1.79 bits per heavy atom. The predicted octanol–water partition coefficient (Wildman–Crippen LogP) is 2.16. The molecule has 1 radical (unpaired) electrons. The van der Waals surface area contributed by atoms with Crippen molar-refractivity contribution in [3.63, 3.8) is 0 Å². The number of hydrogen-bond acceptors (Lipinski definition) is 2. The minimum Gasteiger partial charge on any atom is -0.359 e. The molecule has 2 N–H and O–H groups in total. The maximum Gasteiger partial charge on any atom is 0.307 e. The third-order valence-corrected chi connectivity index (χ3v) is 3.90. The molecule has 0 aliphatic heterocycles. The quantitative estimate of drug-likeness (QED) is 0.684. The van der Waals surface area contributed by atoms with Gasteiger partial charge in [-0.25, -0.2) is 0 Å². The second-order valence-corrected chi connectivity index (χ2v) is 5.15. The van der Waals surface area contributed by atoms with Crippen LogP contribution in [0.4, 0.5) is 0 Å². The van der Waals surface area contributed by atoms with Crippen LogP contribution in [0, 0.1) is 5.92 Å². The second-order valence-electron chi connectivity index (χ2n) is 5.15. The summed E-state index contributed by atoms with van der Waals surface area (Å²) < 4.78 is 0. The lowest BCUT2D eigenvalue weighted by Gasteiger charge is -2.40. The Balaban J connectivity index is 2.52. The molecule has 0 aromatic rings. The normalized spacial score (nSPS) is 35.1. The van der Waals surface area contributed by atoms with Crippen LogP contribution in [-0.4, -0.2) is 24.9 Å². The molecule has 81 valence electrons. The first kappa shape index (κ1) is 12.1. The Morgan fingerprint density at radius 1 is 1.29 bits per heavy atom. The van der Waals surface area contributed by atoms with Gasteiger partial charge in [-0.3, -0.25) is 0 Å². The van der Waals surface area contributed by atoms with Gasteiger partial charge >= 0.3 is 7.55 Å².